The van der Waals surface area contributed by atoms with Crippen LogP contribution in [-0.2, 0) is 12.3 Å². The minimum atomic E-state index is -0.00751. The van der Waals surface area contributed by atoms with E-state index in [2.05, 4.69) is 17.1 Å². The second-order valence-corrected chi connectivity index (χ2v) is 8.55. The molecule has 2 aromatic heterocycles. The number of thioether (sulfide) groups is 1. The average Bonchev–Trinajstić information content (AvgIpc) is 3.26. The molecule has 6 nitrogen and oxygen atoms in total. The molecule has 0 amide bonds. The van der Waals surface area contributed by atoms with Crippen LogP contribution in [0.5, 0.6) is 0 Å². The van der Waals surface area contributed by atoms with Gasteiger partial charge >= 0.3 is 0 Å². The van der Waals surface area contributed by atoms with Crippen LogP contribution >= 0.6 is 23.4 Å². The molecule has 0 saturated heterocycles. The van der Waals surface area contributed by atoms with E-state index < -0.39 is 0 Å². The maximum Gasteiger partial charge on any atom is 0.262 e. The Morgan fingerprint density at radius 2 is 1.84 bits per heavy atom. The number of unbranched alkanes of at least 4 members (excludes halogenated alkanes) is 3. The molecule has 0 spiro atoms. The van der Waals surface area contributed by atoms with E-state index >= 15 is 0 Å². The number of hydrogen-bond acceptors (Lipinski definition) is 6. The Labute approximate surface area is 189 Å². The maximum absolute atomic E-state index is 13.1. The fourth-order valence-electron chi connectivity index (χ4n) is 3.33. The van der Waals surface area contributed by atoms with Crippen molar-refractivity contribution >= 4 is 34.3 Å². The SMILES string of the molecule is CCCCCCn1c(SCc2nnc(-c3ccccc3Cl)o2)nc2ccccc2c1=O. The van der Waals surface area contributed by atoms with Gasteiger partial charge in [0.05, 0.1) is 27.2 Å². The third-order valence-corrected chi connectivity index (χ3v) is 6.25. The number of fused-ring (bicyclic) bond motifs is 1. The fourth-order valence-corrected chi connectivity index (χ4v) is 4.41. The first kappa shape index (κ1) is 21.6. The predicted molar refractivity (Wildman–Crippen MR) is 124 cm³/mol. The van der Waals surface area contributed by atoms with Gasteiger partial charge in [-0.2, -0.15) is 0 Å². The van der Waals surface area contributed by atoms with Crippen LogP contribution < -0.4 is 5.56 Å². The quantitative estimate of drug-likeness (QED) is 0.176. The average molecular weight is 455 g/mol. The largest absolute Gasteiger partial charge is 0.420 e. The molecule has 4 aromatic rings. The van der Waals surface area contributed by atoms with Crippen molar-refractivity contribution in [3.8, 4) is 11.5 Å². The van der Waals surface area contributed by atoms with Gasteiger partial charge < -0.3 is 4.42 Å². The standard InChI is InChI=1S/C23H23ClN4O2S/c1-2-3-4-9-14-28-22(29)17-11-6-8-13-19(17)25-23(28)31-15-20-26-27-21(30-20)16-10-5-7-12-18(16)24/h5-8,10-13H,2-4,9,14-15H2,1H3. The molecular formula is C23H23ClN4O2S. The van der Waals surface area contributed by atoms with E-state index in [0.29, 0.717) is 50.7 Å². The molecule has 0 aliphatic heterocycles. The molecular weight excluding hydrogens is 432 g/mol. The molecule has 160 valence electrons. The highest BCUT2D eigenvalue weighted by Gasteiger charge is 2.15. The lowest BCUT2D eigenvalue weighted by atomic mass is 10.2. The van der Waals surface area contributed by atoms with Gasteiger partial charge in [-0.15, -0.1) is 10.2 Å². The second-order valence-electron chi connectivity index (χ2n) is 7.20. The highest BCUT2D eigenvalue weighted by atomic mass is 35.5. The molecule has 0 unspecified atom stereocenters. The van der Waals surface area contributed by atoms with Crippen LogP contribution in [0.4, 0.5) is 0 Å². The zero-order valence-electron chi connectivity index (χ0n) is 17.3. The summed E-state index contributed by atoms with van der Waals surface area (Å²) in [6.07, 6.45) is 4.34. The number of rotatable bonds is 9. The van der Waals surface area contributed by atoms with E-state index in [4.69, 9.17) is 21.0 Å². The Balaban J connectivity index is 1.57. The van der Waals surface area contributed by atoms with E-state index in [1.807, 2.05) is 42.5 Å². The zero-order chi connectivity index (χ0) is 21.6. The second kappa shape index (κ2) is 10.1. The van der Waals surface area contributed by atoms with Gasteiger partial charge in [0.2, 0.25) is 11.8 Å². The van der Waals surface area contributed by atoms with E-state index in [1.54, 1.807) is 10.6 Å². The van der Waals surface area contributed by atoms with Crippen LogP contribution in [0.2, 0.25) is 5.02 Å². The summed E-state index contributed by atoms with van der Waals surface area (Å²) >= 11 is 7.65. The minimum Gasteiger partial charge on any atom is -0.420 e. The Morgan fingerprint density at radius 3 is 2.68 bits per heavy atom. The van der Waals surface area contributed by atoms with Gasteiger partial charge in [-0.25, -0.2) is 4.98 Å². The van der Waals surface area contributed by atoms with Crippen molar-refractivity contribution in [2.24, 2.45) is 0 Å². The summed E-state index contributed by atoms with van der Waals surface area (Å²) in [5.41, 5.74) is 1.39. The van der Waals surface area contributed by atoms with Crippen LogP contribution in [-0.4, -0.2) is 19.7 Å². The van der Waals surface area contributed by atoms with Gasteiger partial charge in [0.25, 0.3) is 5.56 Å². The van der Waals surface area contributed by atoms with Crippen LogP contribution in [0.3, 0.4) is 0 Å². The normalized spacial score (nSPS) is 11.3. The van der Waals surface area contributed by atoms with Crippen LogP contribution in [0, 0.1) is 0 Å². The maximum atomic E-state index is 13.1. The topological polar surface area (TPSA) is 73.8 Å². The molecule has 0 aliphatic carbocycles. The smallest absolute Gasteiger partial charge is 0.262 e. The molecule has 0 aliphatic rings. The Kier molecular flexibility index (Phi) is 7.04. The predicted octanol–water partition coefficient (Wildman–Crippen LogP) is 5.97. The molecule has 0 fully saturated rings. The molecule has 0 saturated carbocycles. The van der Waals surface area contributed by atoms with Crippen molar-refractivity contribution in [3.63, 3.8) is 0 Å². The molecule has 0 bridgehead atoms. The minimum absolute atomic E-state index is 0.00751. The zero-order valence-corrected chi connectivity index (χ0v) is 18.8. The van der Waals surface area contributed by atoms with E-state index in [0.717, 1.165) is 25.7 Å². The van der Waals surface area contributed by atoms with E-state index in [-0.39, 0.29) is 5.56 Å². The molecule has 4 rings (SSSR count). The summed E-state index contributed by atoms with van der Waals surface area (Å²) in [5.74, 6) is 1.25. The van der Waals surface area contributed by atoms with Gasteiger partial charge in [0.15, 0.2) is 5.16 Å². The van der Waals surface area contributed by atoms with E-state index in [9.17, 15) is 4.79 Å². The van der Waals surface area contributed by atoms with Gasteiger partial charge in [-0.3, -0.25) is 9.36 Å². The summed E-state index contributed by atoms with van der Waals surface area (Å²) in [5, 5.41) is 10.1. The highest BCUT2D eigenvalue weighted by Crippen LogP contribution is 2.28. The van der Waals surface area contributed by atoms with Gasteiger partial charge in [0.1, 0.15) is 0 Å². The van der Waals surface area contributed by atoms with E-state index in [1.165, 1.54) is 11.8 Å². The molecule has 0 atom stereocenters. The lowest BCUT2D eigenvalue weighted by molar-refractivity contribution is 0.522. The van der Waals surface area contributed by atoms with Crippen molar-refractivity contribution in [1.82, 2.24) is 19.7 Å². The van der Waals surface area contributed by atoms with Crippen molar-refractivity contribution in [2.75, 3.05) is 0 Å². The number of nitrogens with zero attached hydrogens (tertiary/aromatic N) is 4. The monoisotopic (exact) mass is 454 g/mol. The molecule has 2 aromatic carbocycles. The summed E-state index contributed by atoms with van der Waals surface area (Å²) in [6.45, 7) is 2.82. The van der Waals surface area contributed by atoms with Gasteiger partial charge in [-0.05, 0) is 30.7 Å². The Hall–Kier alpha value is -2.64. The number of benzene rings is 2. The summed E-state index contributed by atoms with van der Waals surface area (Å²) in [6, 6.07) is 14.8. The summed E-state index contributed by atoms with van der Waals surface area (Å²) < 4.78 is 7.57. The first-order valence-electron chi connectivity index (χ1n) is 10.4. The van der Waals surface area contributed by atoms with Crippen molar-refractivity contribution in [1.29, 1.82) is 0 Å². The van der Waals surface area contributed by atoms with Crippen LogP contribution in [0.1, 0.15) is 38.5 Å². The first-order chi connectivity index (χ1) is 15.2. The number of para-hydroxylation sites is 1. The molecule has 31 heavy (non-hydrogen) atoms. The van der Waals surface area contributed by atoms with Crippen LogP contribution in [0.15, 0.2) is 62.9 Å². The van der Waals surface area contributed by atoms with Gasteiger partial charge in [0, 0.05) is 6.54 Å². The molecule has 8 heteroatoms. The third kappa shape index (κ3) is 4.99. The molecule has 0 N–H and O–H groups in total. The van der Waals surface area contributed by atoms with Crippen molar-refractivity contribution in [2.45, 2.75) is 50.1 Å². The third-order valence-electron chi connectivity index (χ3n) is 4.96. The Bertz CT molecular complexity index is 1240. The number of aromatic nitrogens is 4. The number of hydrogen-bond donors (Lipinski definition) is 0. The molecule has 0 radical (unpaired) electrons. The van der Waals surface area contributed by atoms with Crippen LogP contribution in [0.25, 0.3) is 22.4 Å². The Morgan fingerprint density at radius 1 is 1.03 bits per heavy atom. The van der Waals surface area contributed by atoms with Gasteiger partial charge in [-0.1, -0.05) is 73.8 Å². The number of halogens is 1. The summed E-state index contributed by atoms with van der Waals surface area (Å²) in [4.78, 5) is 17.8. The first-order valence-corrected chi connectivity index (χ1v) is 11.7. The molecule has 2 heterocycles. The lowest BCUT2D eigenvalue weighted by Crippen LogP contribution is -2.23. The highest BCUT2D eigenvalue weighted by molar-refractivity contribution is 7.98. The van der Waals surface area contributed by atoms with Crippen molar-refractivity contribution in [3.05, 3.63) is 69.8 Å². The summed E-state index contributed by atoms with van der Waals surface area (Å²) in [7, 11) is 0. The lowest BCUT2D eigenvalue weighted by Gasteiger charge is -2.12. The fraction of sp³-hybridized carbons (Fsp3) is 0.304. The van der Waals surface area contributed by atoms with Crippen molar-refractivity contribution < 1.29 is 4.42 Å².